The van der Waals surface area contributed by atoms with Crippen molar-refractivity contribution >= 4 is 5.97 Å². The van der Waals surface area contributed by atoms with Gasteiger partial charge in [-0.2, -0.15) is 0 Å². The van der Waals surface area contributed by atoms with Gasteiger partial charge in [0.15, 0.2) is 0 Å². The maximum absolute atomic E-state index is 11.1. The first kappa shape index (κ1) is 14.5. The van der Waals surface area contributed by atoms with Crippen molar-refractivity contribution in [3.63, 3.8) is 0 Å². The number of unbranched alkanes of at least 4 members (excludes halogenated alkanes) is 2. The predicted octanol–water partition coefficient (Wildman–Crippen LogP) is 2.31. The van der Waals surface area contributed by atoms with Crippen LogP contribution in [-0.4, -0.2) is 38.5 Å². The first-order chi connectivity index (χ1) is 8.33. The van der Waals surface area contributed by atoms with E-state index in [4.69, 9.17) is 14.2 Å². The average molecular weight is 244 g/mol. The Hall–Kier alpha value is -0.610. The number of rotatable bonds is 8. The number of hydrogen-bond donors (Lipinski definition) is 0. The van der Waals surface area contributed by atoms with E-state index in [9.17, 15) is 4.79 Å². The summed E-state index contributed by atoms with van der Waals surface area (Å²) >= 11 is 0. The fraction of sp³-hybridized carbons (Fsp3) is 0.923. The molecule has 1 fully saturated rings. The van der Waals surface area contributed by atoms with Gasteiger partial charge in [-0.15, -0.1) is 0 Å². The highest BCUT2D eigenvalue weighted by molar-refractivity contribution is 5.69. The number of hydrogen-bond acceptors (Lipinski definition) is 4. The Kier molecular flexibility index (Phi) is 8.01. The summed E-state index contributed by atoms with van der Waals surface area (Å²) in [4.78, 5) is 11.1. The van der Waals surface area contributed by atoms with Crippen LogP contribution in [0.5, 0.6) is 0 Å². The SMILES string of the molecule is CCOC(=O)CCCCCOC1CCOCC1. The van der Waals surface area contributed by atoms with Crippen LogP contribution in [0.2, 0.25) is 0 Å². The Balaban J connectivity index is 1.85. The fourth-order valence-electron chi connectivity index (χ4n) is 1.87. The second kappa shape index (κ2) is 9.42. The van der Waals surface area contributed by atoms with Crippen LogP contribution in [0.1, 0.15) is 45.4 Å². The van der Waals surface area contributed by atoms with Gasteiger partial charge in [-0.25, -0.2) is 0 Å². The third-order valence-electron chi connectivity index (χ3n) is 2.85. The standard InChI is InChI=1S/C13H24O4/c1-2-16-13(14)6-4-3-5-9-17-12-7-10-15-11-8-12/h12H,2-11H2,1H3. The molecule has 100 valence electrons. The molecular formula is C13H24O4. The van der Waals surface area contributed by atoms with E-state index in [1.165, 1.54) is 0 Å². The van der Waals surface area contributed by atoms with E-state index < -0.39 is 0 Å². The van der Waals surface area contributed by atoms with Gasteiger partial charge in [-0.1, -0.05) is 6.42 Å². The lowest BCUT2D eigenvalue weighted by molar-refractivity contribution is -0.143. The molecule has 4 nitrogen and oxygen atoms in total. The van der Waals surface area contributed by atoms with Crippen molar-refractivity contribution in [1.82, 2.24) is 0 Å². The normalized spacial score (nSPS) is 17.0. The maximum Gasteiger partial charge on any atom is 0.305 e. The second-order valence-electron chi connectivity index (χ2n) is 4.30. The first-order valence-electron chi connectivity index (χ1n) is 6.68. The number of carbonyl (C=O) groups excluding carboxylic acids is 1. The molecule has 0 unspecified atom stereocenters. The molecule has 4 heteroatoms. The van der Waals surface area contributed by atoms with E-state index in [0.29, 0.717) is 19.1 Å². The highest BCUT2D eigenvalue weighted by atomic mass is 16.5. The molecule has 0 amide bonds. The fourth-order valence-corrected chi connectivity index (χ4v) is 1.87. The van der Waals surface area contributed by atoms with Gasteiger partial charge in [0.1, 0.15) is 0 Å². The molecule has 0 bridgehead atoms. The third-order valence-corrected chi connectivity index (χ3v) is 2.85. The lowest BCUT2D eigenvalue weighted by Gasteiger charge is -2.22. The summed E-state index contributed by atoms with van der Waals surface area (Å²) in [5.74, 6) is -0.0853. The van der Waals surface area contributed by atoms with Crippen LogP contribution < -0.4 is 0 Å². The van der Waals surface area contributed by atoms with Gasteiger partial charge >= 0.3 is 5.97 Å². The van der Waals surface area contributed by atoms with E-state index in [1.807, 2.05) is 6.92 Å². The van der Waals surface area contributed by atoms with E-state index in [2.05, 4.69) is 0 Å². The van der Waals surface area contributed by atoms with E-state index in [-0.39, 0.29) is 5.97 Å². The minimum absolute atomic E-state index is 0.0853. The van der Waals surface area contributed by atoms with Crippen LogP contribution in [0, 0.1) is 0 Å². The monoisotopic (exact) mass is 244 g/mol. The quantitative estimate of drug-likeness (QED) is 0.485. The lowest BCUT2D eigenvalue weighted by atomic mass is 10.1. The summed E-state index contributed by atoms with van der Waals surface area (Å²) in [6, 6.07) is 0. The van der Waals surface area contributed by atoms with Crippen LogP contribution in [0.25, 0.3) is 0 Å². The largest absolute Gasteiger partial charge is 0.466 e. The van der Waals surface area contributed by atoms with Crippen molar-refractivity contribution in [2.75, 3.05) is 26.4 Å². The molecular weight excluding hydrogens is 220 g/mol. The van der Waals surface area contributed by atoms with Gasteiger partial charge in [0.25, 0.3) is 0 Å². The Morgan fingerprint density at radius 2 is 2.00 bits per heavy atom. The van der Waals surface area contributed by atoms with Crippen LogP contribution in [0.4, 0.5) is 0 Å². The highest BCUT2D eigenvalue weighted by Crippen LogP contribution is 2.11. The highest BCUT2D eigenvalue weighted by Gasteiger charge is 2.13. The van der Waals surface area contributed by atoms with Crippen molar-refractivity contribution in [2.24, 2.45) is 0 Å². The van der Waals surface area contributed by atoms with Crippen molar-refractivity contribution in [3.05, 3.63) is 0 Å². The average Bonchev–Trinajstić information content (AvgIpc) is 2.35. The number of esters is 1. The smallest absolute Gasteiger partial charge is 0.305 e. The zero-order valence-electron chi connectivity index (χ0n) is 10.8. The minimum Gasteiger partial charge on any atom is -0.466 e. The predicted molar refractivity (Wildman–Crippen MR) is 64.9 cm³/mol. The molecule has 1 rings (SSSR count). The van der Waals surface area contributed by atoms with Gasteiger partial charge in [0.05, 0.1) is 12.7 Å². The molecule has 17 heavy (non-hydrogen) atoms. The molecule has 0 saturated carbocycles. The molecule has 0 aromatic rings. The van der Waals surface area contributed by atoms with E-state index in [0.717, 1.165) is 51.9 Å². The van der Waals surface area contributed by atoms with Gasteiger partial charge in [-0.05, 0) is 32.6 Å². The molecule has 0 N–H and O–H groups in total. The summed E-state index contributed by atoms with van der Waals surface area (Å²) in [7, 11) is 0. The minimum atomic E-state index is -0.0853. The Morgan fingerprint density at radius 1 is 1.24 bits per heavy atom. The van der Waals surface area contributed by atoms with Gasteiger partial charge in [-0.3, -0.25) is 4.79 Å². The Morgan fingerprint density at radius 3 is 2.71 bits per heavy atom. The molecule has 0 atom stereocenters. The van der Waals surface area contributed by atoms with Crippen LogP contribution in [0.15, 0.2) is 0 Å². The second-order valence-corrected chi connectivity index (χ2v) is 4.30. The van der Waals surface area contributed by atoms with Crippen molar-refractivity contribution in [3.8, 4) is 0 Å². The lowest BCUT2D eigenvalue weighted by Crippen LogP contribution is -2.23. The van der Waals surface area contributed by atoms with Gasteiger partial charge in [0, 0.05) is 26.2 Å². The van der Waals surface area contributed by atoms with Crippen LogP contribution >= 0.6 is 0 Å². The van der Waals surface area contributed by atoms with Gasteiger partial charge < -0.3 is 14.2 Å². The first-order valence-corrected chi connectivity index (χ1v) is 6.68. The third kappa shape index (κ3) is 7.34. The molecule has 0 aliphatic carbocycles. The number of carbonyl (C=O) groups is 1. The van der Waals surface area contributed by atoms with Crippen LogP contribution in [0.3, 0.4) is 0 Å². The molecule has 0 aromatic carbocycles. The topological polar surface area (TPSA) is 44.8 Å². The molecule has 1 aliphatic rings. The molecule has 1 saturated heterocycles. The van der Waals surface area contributed by atoms with Gasteiger partial charge in [0.2, 0.25) is 0 Å². The summed E-state index contributed by atoms with van der Waals surface area (Å²) in [5, 5.41) is 0. The summed E-state index contributed by atoms with van der Waals surface area (Å²) in [6.45, 7) is 4.76. The maximum atomic E-state index is 11.1. The zero-order chi connectivity index (χ0) is 12.3. The zero-order valence-corrected chi connectivity index (χ0v) is 10.8. The molecule has 0 spiro atoms. The molecule has 1 heterocycles. The van der Waals surface area contributed by atoms with Crippen molar-refractivity contribution < 1.29 is 19.0 Å². The van der Waals surface area contributed by atoms with E-state index in [1.54, 1.807) is 0 Å². The summed E-state index contributed by atoms with van der Waals surface area (Å²) in [5.41, 5.74) is 0. The Labute approximate surface area is 104 Å². The van der Waals surface area contributed by atoms with Crippen molar-refractivity contribution in [1.29, 1.82) is 0 Å². The number of ether oxygens (including phenoxy) is 3. The summed E-state index contributed by atoms with van der Waals surface area (Å²) in [6.07, 6.45) is 5.90. The summed E-state index contributed by atoms with van der Waals surface area (Å²) < 4.78 is 15.9. The van der Waals surface area contributed by atoms with Crippen LogP contribution in [-0.2, 0) is 19.0 Å². The molecule has 1 aliphatic heterocycles. The Bertz CT molecular complexity index is 200. The molecule has 0 radical (unpaired) electrons. The van der Waals surface area contributed by atoms with Crippen molar-refractivity contribution in [2.45, 2.75) is 51.6 Å². The van der Waals surface area contributed by atoms with E-state index >= 15 is 0 Å². The molecule has 0 aromatic heterocycles.